The van der Waals surface area contributed by atoms with Crippen LogP contribution in [0.2, 0.25) is 0 Å². The maximum atomic E-state index is 16.6. The zero-order valence-corrected chi connectivity index (χ0v) is 25.2. The minimum absolute atomic E-state index is 0.0226. The number of pyridine rings is 1. The highest BCUT2D eigenvalue weighted by atomic mass is 19.1. The number of carbonyl (C=O) groups excluding carboxylic acids is 1. The second-order valence-electron chi connectivity index (χ2n) is 11.4. The molecule has 0 saturated carbocycles. The van der Waals surface area contributed by atoms with Crippen LogP contribution in [0.5, 0.6) is 6.01 Å². The van der Waals surface area contributed by atoms with Crippen molar-refractivity contribution in [2.75, 3.05) is 65.0 Å². The zero-order valence-electron chi connectivity index (χ0n) is 25.2. The third-order valence-electron chi connectivity index (χ3n) is 8.47. The summed E-state index contributed by atoms with van der Waals surface area (Å²) in [6.45, 7) is 4.78. The van der Waals surface area contributed by atoms with Crippen molar-refractivity contribution in [2.24, 2.45) is 0 Å². The highest BCUT2D eigenvalue weighted by Gasteiger charge is 2.31. The van der Waals surface area contributed by atoms with Crippen LogP contribution in [-0.4, -0.2) is 103 Å². The molecule has 0 N–H and O–H groups in total. The first-order chi connectivity index (χ1) is 21.3. The highest BCUT2D eigenvalue weighted by molar-refractivity contribution is 6.00. The number of hydrogen-bond acceptors (Lipinski definition) is 8. The van der Waals surface area contributed by atoms with Gasteiger partial charge in [0.25, 0.3) is 0 Å². The van der Waals surface area contributed by atoms with Gasteiger partial charge < -0.3 is 19.3 Å². The first-order valence-corrected chi connectivity index (χ1v) is 14.9. The number of likely N-dealkylation sites (tertiary alicyclic amines) is 1. The maximum absolute atomic E-state index is 16.6. The summed E-state index contributed by atoms with van der Waals surface area (Å²) in [6, 6.07) is 11.6. The number of benzene rings is 2. The summed E-state index contributed by atoms with van der Waals surface area (Å²) in [5, 5.41) is 2.38. The summed E-state index contributed by atoms with van der Waals surface area (Å²) in [6.07, 6.45) is 4.26. The molecule has 4 heterocycles. The van der Waals surface area contributed by atoms with Crippen molar-refractivity contribution >= 4 is 33.4 Å². The number of anilines is 1. The molecule has 6 rings (SSSR count). The number of halogens is 2. The van der Waals surface area contributed by atoms with Gasteiger partial charge in [0.05, 0.1) is 12.0 Å². The van der Waals surface area contributed by atoms with E-state index in [1.807, 2.05) is 60.2 Å². The SMILES string of the molecule is COC/C=C/C(=O)N1CCN(c2nc(OC[C@@H]3C[C@@H](F)CN3C)nc3c(F)c(-c4cccc5cccc(C)c45)ncc23)CC1. The number of aryl methyl sites for hydroxylation is 1. The lowest BCUT2D eigenvalue weighted by Gasteiger charge is -2.35. The van der Waals surface area contributed by atoms with Gasteiger partial charge in [0, 0.05) is 63.7 Å². The third-order valence-corrected chi connectivity index (χ3v) is 8.47. The molecule has 2 aromatic heterocycles. The fraction of sp³-hybridized carbons (Fsp3) is 0.394. The zero-order chi connectivity index (χ0) is 30.8. The Morgan fingerprint density at radius 1 is 1.11 bits per heavy atom. The topological polar surface area (TPSA) is 83.9 Å². The van der Waals surface area contributed by atoms with Crippen LogP contribution in [0.15, 0.2) is 54.7 Å². The summed E-state index contributed by atoms with van der Waals surface area (Å²) in [5.74, 6) is -0.166. The Labute approximate surface area is 255 Å². The Balaban J connectivity index is 1.37. The lowest BCUT2D eigenvalue weighted by atomic mass is 9.97. The van der Waals surface area contributed by atoms with Crippen LogP contribution in [0.3, 0.4) is 0 Å². The van der Waals surface area contributed by atoms with E-state index in [2.05, 4.69) is 9.97 Å². The van der Waals surface area contributed by atoms with Gasteiger partial charge in [-0.3, -0.25) is 14.7 Å². The molecule has 2 aromatic carbocycles. The molecule has 4 aromatic rings. The quantitative estimate of drug-likeness (QED) is 0.272. The average Bonchev–Trinajstić information content (AvgIpc) is 3.36. The predicted molar refractivity (Wildman–Crippen MR) is 166 cm³/mol. The van der Waals surface area contributed by atoms with Gasteiger partial charge in [-0.05, 0) is 36.7 Å². The van der Waals surface area contributed by atoms with E-state index in [4.69, 9.17) is 14.5 Å². The number of rotatable bonds is 8. The number of likely N-dealkylation sites (N-methyl/N-ethyl adjacent to an activating group) is 1. The molecule has 11 heteroatoms. The second kappa shape index (κ2) is 12.8. The summed E-state index contributed by atoms with van der Waals surface area (Å²) in [4.78, 5) is 32.1. The van der Waals surface area contributed by atoms with Crippen molar-refractivity contribution in [1.29, 1.82) is 0 Å². The summed E-state index contributed by atoms with van der Waals surface area (Å²) < 4.78 is 41.6. The molecule has 0 unspecified atom stereocenters. The van der Waals surface area contributed by atoms with E-state index in [0.29, 0.717) is 62.5 Å². The summed E-state index contributed by atoms with van der Waals surface area (Å²) in [5.41, 5.74) is 1.99. The monoisotopic (exact) mass is 602 g/mol. The number of methoxy groups -OCH3 is 1. The predicted octanol–water partition coefficient (Wildman–Crippen LogP) is 4.56. The van der Waals surface area contributed by atoms with Crippen LogP contribution in [0, 0.1) is 12.7 Å². The van der Waals surface area contributed by atoms with Gasteiger partial charge in [-0.2, -0.15) is 9.97 Å². The molecule has 2 saturated heterocycles. The fourth-order valence-electron chi connectivity index (χ4n) is 6.11. The standard InChI is InChI=1S/C33H36F2N6O3/c1-21-7-4-8-22-9-5-10-25(28(21)22)30-29(35)31-26(18-36-30)32(38-33(37-31)44-20-24-17-23(34)19-39(24)2)41-14-12-40(13-15-41)27(42)11-6-16-43-3/h4-11,18,23-24H,12-17,19-20H2,1-3H3/b11-6+/t23-,24+/m1/s1. The molecular weight excluding hydrogens is 566 g/mol. The molecule has 2 aliphatic heterocycles. The van der Waals surface area contributed by atoms with Gasteiger partial charge in [-0.15, -0.1) is 0 Å². The fourth-order valence-corrected chi connectivity index (χ4v) is 6.11. The van der Waals surface area contributed by atoms with E-state index >= 15 is 4.39 Å². The minimum atomic E-state index is -0.916. The third kappa shape index (κ3) is 5.94. The van der Waals surface area contributed by atoms with Crippen LogP contribution in [0.25, 0.3) is 32.9 Å². The minimum Gasteiger partial charge on any atom is -0.462 e. The number of fused-ring (bicyclic) bond motifs is 2. The van der Waals surface area contributed by atoms with Crippen molar-refractivity contribution in [1.82, 2.24) is 24.8 Å². The summed E-state index contributed by atoms with van der Waals surface area (Å²) >= 11 is 0. The first-order valence-electron chi connectivity index (χ1n) is 14.9. The molecule has 9 nitrogen and oxygen atoms in total. The van der Waals surface area contributed by atoms with Gasteiger partial charge in [-0.1, -0.05) is 42.5 Å². The Morgan fingerprint density at radius 2 is 1.89 bits per heavy atom. The van der Waals surface area contributed by atoms with Crippen molar-refractivity contribution < 1.29 is 23.0 Å². The van der Waals surface area contributed by atoms with Crippen LogP contribution in [-0.2, 0) is 9.53 Å². The normalized spacial score (nSPS) is 19.5. The molecule has 0 radical (unpaired) electrons. The first kappa shape index (κ1) is 29.8. The lowest BCUT2D eigenvalue weighted by molar-refractivity contribution is -0.126. The highest BCUT2D eigenvalue weighted by Crippen LogP contribution is 2.36. The number of aromatic nitrogens is 3. The summed E-state index contributed by atoms with van der Waals surface area (Å²) in [7, 11) is 3.43. The van der Waals surface area contributed by atoms with E-state index in [9.17, 15) is 9.18 Å². The molecule has 2 aliphatic rings. The van der Waals surface area contributed by atoms with Crippen molar-refractivity contribution in [3.63, 3.8) is 0 Å². The number of nitrogens with zero attached hydrogens (tertiary/aromatic N) is 6. The number of piperazine rings is 1. The van der Waals surface area contributed by atoms with Crippen LogP contribution in [0.1, 0.15) is 12.0 Å². The number of carbonyl (C=O) groups is 1. The second-order valence-corrected chi connectivity index (χ2v) is 11.4. The van der Waals surface area contributed by atoms with Gasteiger partial charge in [0.1, 0.15) is 29.8 Å². The van der Waals surface area contributed by atoms with Crippen LogP contribution >= 0.6 is 0 Å². The molecule has 2 fully saturated rings. The van der Waals surface area contributed by atoms with E-state index in [1.54, 1.807) is 24.3 Å². The van der Waals surface area contributed by atoms with Gasteiger partial charge in [0.15, 0.2) is 5.82 Å². The maximum Gasteiger partial charge on any atom is 0.319 e. The molecule has 1 amide bonds. The lowest BCUT2D eigenvalue weighted by Crippen LogP contribution is -2.48. The van der Waals surface area contributed by atoms with Crippen molar-refractivity contribution in [2.45, 2.75) is 25.6 Å². The Morgan fingerprint density at radius 3 is 2.61 bits per heavy atom. The van der Waals surface area contributed by atoms with E-state index in [1.165, 1.54) is 6.08 Å². The van der Waals surface area contributed by atoms with Gasteiger partial charge in [-0.25, -0.2) is 8.78 Å². The van der Waals surface area contributed by atoms with Crippen LogP contribution in [0.4, 0.5) is 14.6 Å². The number of ether oxygens (including phenoxy) is 2. The van der Waals surface area contributed by atoms with Crippen molar-refractivity contribution in [3.05, 3.63) is 66.1 Å². The number of alkyl halides is 1. The van der Waals surface area contributed by atoms with E-state index < -0.39 is 12.0 Å². The molecular formula is C33H36F2N6O3. The van der Waals surface area contributed by atoms with Gasteiger partial charge >= 0.3 is 6.01 Å². The largest absolute Gasteiger partial charge is 0.462 e. The number of amides is 1. The van der Waals surface area contributed by atoms with Gasteiger partial charge in [0.2, 0.25) is 5.91 Å². The van der Waals surface area contributed by atoms with E-state index in [-0.39, 0.29) is 35.8 Å². The molecule has 0 aliphatic carbocycles. The molecule has 230 valence electrons. The van der Waals surface area contributed by atoms with Crippen molar-refractivity contribution in [3.8, 4) is 17.3 Å². The molecule has 0 spiro atoms. The van der Waals surface area contributed by atoms with Crippen LogP contribution < -0.4 is 9.64 Å². The molecule has 2 atom stereocenters. The number of hydrogen-bond donors (Lipinski definition) is 0. The van der Waals surface area contributed by atoms with E-state index in [0.717, 1.165) is 16.3 Å². The molecule has 44 heavy (non-hydrogen) atoms. The average molecular weight is 603 g/mol. The smallest absolute Gasteiger partial charge is 0.319 e. The molecule has 0 bridgehead atoms. The Hall–Kier alpha value is -4.22. The Bertz CT molecular complexity index is 1700. The Kier molecular flexibility index (Phi) is 8.67.